The molecular weight excluding hydrogens is 579 g/mol. The molecule has 0 unspecified atom stereocenters. The van der Waals surface area contributed by atoms with Crippen LogP contribution >= 0.6 is 0 Å². The van der Waals surface area contributed by atoms with E-state index in [1.807, 2.05) is 55.5 Å². The van der Waals surface area contributed by atoms with Crippen LogP contribution in [0.1, 0.15) is 38.7 Å². The second-order valence-electron chi connectivity index (χ2n) is 8.94. The van der Waals surface area contributed by atoms with Gasteiger partial charge in [0.15, 0.2) is 0 Å². The summed E-state index contributed by atoms with van der Waals surface area (Å²) in [6.45, 7) is 3.45. The Balaban J connectivity index is 1.53. The molecular formula is C26H32IN2O7-. The van der Waals surface area contributed by atoms with Gasteiger partial charge >= 0.3 is 179 Å². The number of hydrogen-bond donors (Lipinski definition) is 2. The van der Waals surface area contributed by atoms with Crippen molar-refractivity contribution in [3.05, 3.63) is 59.7 Å². The van der Waals surface area contributed by atoms with Gasteiger partial charge in [-0.2, -0.15) is 0 Å². The van der Waals surface area contributed by atoms with Crippen molar-refractivity contribution in [2.75, 3.05) is 15.5 Å². The Hall–Kier alpha value is -2.89. The summed E-state index contributed by atoms with van der Waals surface area (Å²) >= 11 is 0.0288. The first-order valence-electron chi connectivity index (χ1n) is 11.8. The summed E-state index contributed by atoms with van der Waals surface area (Å²) in [6.07, 6.45) is 6.57. The zero-order valence-electron chi connectivity index (χ0n) is 20.5. The number of amides is 2. The van der Waals surface area contributed by atoms with E-state index in [-0.39, 0.29) is 40.8 Å². The normalized spacial score (nSPS) is 17.7. The quantitative estimate of drug-likeness (QED) is 0.149. The first-order chi connectivity index (χ1) is 17.2. The molecule has 9 nitrogen and oxygen atoms in total. The van der Waals surface area contributed by atoms with Gasteiger partial charge in [0.05, 0.1) is 0 Å². The number of allylic oxidation sites excluding steroid dienone is 2. The Kier molecular flexibility index (Phi) is 10.3. The Bertz CT molecular complexity index is 1000. The number of nitrogens with one attached hydrogen (secondary N) is 2. The van der Waals surface area contributed by atoms with Gasteiger partial charge in [-0.1, -0.05) is 30.3 Å². The number of alkyl carbamates (subject to hydrolysis) is 1. The maximum atomic E-state index is 12.9. The van der Waals surface area contributed by atoms with Crippen LogP contribution in [-0.2, 0) is 35.2 Å². The fourth-order valence-corrected chi connectivity index (χ4v) is 5.76. The fraction of sp³-hybridized carbons (Fsp3) is 0.462. The van der Waals surface area contributed by atoms with E-state index in [0.717, 1.165) is 32.8 Å². The van der Waals surface area contributed by atoms with Crippen LogP contribution in [-0.4, -0.2) is 57.1 Å². The molecule has 3 rings (SSSR count). The molecule has 1 aromatic rings. The Morgan fingerprint density at radius 3 is 2.42 bits per heavy atom. The molecule has 2 amide bonds. The number of alkyl halides is 2. The number of carbonyl (C=O) groups is 4. The molecule has 0 spiro atoms. The molecule has 2 N–H and O–H groups in total. The summed E-state index contributed by atoms with van der Waals surface area (Å²) in [5, 5.41) is 4.97. The van der Waals surface area contributed by atoms with E-state index in [4.69, 9.17) is 14.2 Å². The molecule has 196 valence electrons. The predicted octanol–water partition coefficient (Wildman–Crippen LogP) is -0.600. The van der Waals surface area contributed by atoms with E-state index in [1.165, 1.54) is 6.92 Å². The van der Waals surface area contributed by atoms with E-state index in [1.54, 1.807) is 0 Å². The second kappa shape index (κ2) is 13.4. The number of rotatable bonds is 11. The zero-order chi connectivity index (χ0) is 26.0. The van der Waals surface area contributed by atoms with Gasteiger partial charge in [0.1, 0.15) is 0 Å². The average molecular weight is 611 g/mol. The third kappa shape index (κ3) is 8.96. The summed E-state index contributed by atoms with van der Waals surface area (Å²) < 4.78 is 17.7. The van der Waals surface area contributed by atoms with Crippen molar-refractivity contribution >= 4 is 23.9 Å². The summed E-state index contributed by atoms with van der Waals surface area (Å²) in [7, 11) is 0. The van der Waals surface area contributed by atoms with Crippen LogP contribution in [0.4, 0.5) is 4.79 Å². The molecule has 2 atom stereocenters. The molecule has 1 aliphatic heterocycles. The topological polar surface area (TPSA) is 120 Å². The molecule has 1 saturated heterocycles. The standard InChI is InChI=1S/C26H32IN2O7/c1-18(28-25(33)35-15-20-11-7-4-8-12-20)23(31)29-21(24(32)36-26(2)16-27-17-26)13-22(30)34-14-19-9-5-3-6-10-19/h4-5,7-12,18,21H,3,6,13-17H2,1-2H3,(H,28,33)(H,29,31)/q-1/t18-,21-/m0/s1. The van der Waals surface area contributed by atoms with Crippen molar-refractivity contribution in [1.29, 1.82) is 0 Å². The van der Waals surface area contributed by atoms with E-state index < -0.39 is 41.6 Å². The van der Waals surface area contributed by atoms with Crippen molar-refractivity contribution in [3.8, 4) is 0 Å². The number of benzene rings is 1. The number of esters is 2. The van der Waals surface area contributed by atoms with Crippen LogP contribution in [0, 0.1) is 0 Å². The second-order valence-corrected chi connectivity index (χ2v) is 11.5. The SMILES string of the molecule is C[C@H](NC(=O)OCc1ccccc1)C(=O)N[C@@H](CC(=O)OCC1=CCCC=C1)C(=O)OC1(C)C[I-]C1. The first kappa shape index (κ1) is 27.7. The molecule has 0 radical (unpaired) electrons. The third-order valence-electron chi connectivity index (χ3n) is 5.49. The van der Waals surface area contributed by atoms with Gasteiger partial charge in [0.2, 0.25) is 0 Å². The van der Waals surface area contributed by atoms with Crippen LogP contribution in [0.25, 0.3) is 0 Å². The molecule has 1 heterocycles. The van der Waals surface area contributed by atoms with E-state index >= 15 is 0 Å². The van der Waals surface area contributed by atoms with E-state index in [2.05, 4.69) is 10.6 Å². The molecule has 36 heavy (non-hydrogen) atoms. The van der Waals surface area contributed by atoms with Gasteiger partial charge in [-0.3, -0.25) is 0 Å². The predicted molar refractivity (Wildman–Crippen MR) is 127 cm³/mol. The Morgan fingerprint density at radius 2 is 1.78 bits per heavy atom. The van der Waals surface area contributed by atoms with Gasteiger partial charge < -0.3 is 0 Å². The first-order valence-corrected chi connectivity index (χ1v) is 14.8. The van der Waals surface area contributed by atoms with Crippen molar-refractivity contribution in [1.82, 2.24) is 10.6 Å². The fourth-order valence-electron chi connectivity index (χ4n) is 3.39. The summed E-state index contributed by atoms with van der Waals surface area (Å²) in [5.74, 6) is -1.97. The van der Waals surface area contributed by atoms with Crippen molar-refractivity contribution < 1.29 is 54.6 Å². The van der Waals surface area contributed by atoms with Gasteiger partial charge in [-0.05, 0) is 12.0 Å². The number of halogens is 1. The maximum absolute atomic E-state index is 12.9. The average Bonchev–Trinajstić information content (AvgIpc) is 2.86. The number of carbonyl (C=O) groups excluding carboxylic acids is 4. The third-order valence-corrected chi connectivity index (χ3v) is 9.79. The molecule has 0 saturated carbocycles. The van der Waals surface area contributed by atoms with Gasteiger partial charge in [-0.25, -0.2) is 0 Å². The van der Waals surface area contributed by atoms with Crippen molar-refractivity contribution in [2.45, 2.75) is 57.4 Å². The summed E-state index contributed by atoms with van der Waals surface area (Å²) in [6, 6.07) is 6.87. The minimum absolute atomic E-state index is 0.0288. The van der Waals surface area contributed by atoms with Crippen LogP contribution in [0.5, 0.6) is 0 Å². The van der Waals surface area contributed by atoms with Gasteiger partial charge in [0.25, 0.3) is 0 Å². The van der Waals surface area contributed by atoms with Crippen LogP contribution in [0.2, 0.25) is 0 Å². The number of ether oxygens (including phenoxy) is 3. The molecule has 2 aliphatic rings. The zero-order valence-corrected chi connectivity index (χ0v) is 22.6. The van der Waals surface area contributed by atoms with E-state index in [9.17, 15) is 19.2 Å². The van der Waals surface area contributed by atoms with Crippen LogP contribution in [0.15, 0.2) is 54.1 Å². The molecule has 1 aliphatic carbocycles. The molecule has 0 aromatic heterocycles. The molecule has 0 bridgehead atoms. The molecule has 1 fully saturated rings. The van der Waals surface area contributed by atoms with E-state index in [0.29, 0.717) is 0 Å². The Labute approximate surface area is 221 Å². The monoisotopic (exact) mass is 611 g/mol. The summed E-state index contributed by atoms with van der Waals surface area (Å²) in [5.41, 5.74) is 1.13. The molecule has 10 heteroatoms. The molecule has 1 aromatic carbocycles. The van der Waals surface area contributed by atoms with Crippen LogP contribution < -0.4 is 31.8 Å². The minimum atomic E-state index is -1.24. The van der Waals surface area contributed by atoms with Crippen LogP contribution in [0.3, 0.4) is 0 Å². The number of hydrogen-bond acceptors (Lipinski definition) is 7. The Morgan fingerprint density at radius 1 is 1.03 bits per heavy atom. The van der Waals surface area contributed by atoms with Crippen molar-refractivity contribution in [3.63, 3.8) is 0 Å². The summed E-state index contributed by atoms with van der Waals surface area (Å²) in [4.78, 5) is 50.2. The van der Waals surface area contributed by atoms with Crippen molar-refractivity contribution in [2.24, 2.45) is 0 Å². The van der Waals surface area contributed by atoms with Gasteiger partial charge in [-0.15, -0.1) is 0 Å². The van der Waals surface area contributed by atoms with Gasteiger partial charge in [0, 0.05) is 0 Å².